The molecule has 0 aliphatic heterocycles. The molecular formula is C16H33N. The molecule has 1 N–H and O–H groups in total. The van der Waals surface area contributed by atoms with Gasteiger partial charge in [-0.1, -0.05) is 47.0 Å². The van der Waals surface area contributed by atoms with Crippen LogP contribution >= 0.6 is 0 Å². The van der Waals surface area contributed by atoms with Gasteiger partial charge < -0.3 is 5.32 Å². The second-order valence-electron chi connectivity index (χ2n) is 6.76. The molecule has 0 aromatic carbocycles. The van der Waals surface area contributed by atoms with Gasteiger partial charge in [-0.2, -0.15) is 0 Å². The van der Waals surface area contributed by atoms with E-state index in [1.165, 1.54) is 57.9 Å². The fraction of sp³-hybridized carbons (Fsp3) is 1.00. The third-order valence-corrected chi connectivity index (χ3v) is 4.58. The van der Waals surface area contributed by atoms with Crippen LogP contribution in [0.4, 0.5) is 0 Å². The Morgan fingerprint density at radius 2 is 1.82 bits per heavy atom. The summed E-state index contributed by atoms with van der Waals surface area (Å²) in [7, 11) is 0. The van der Waals surface area contributed by atoms with E-state index in [1.807, 2.05) is 0 Å². The zero-order valence-corrected chi connectivity index (χ0v) is 12.5. The maximum absolute atomic E-state index is 3.82. The molecule has 1 fully saturated rings. The van der Waals surface area contributed by atoms with Crippen LogP contribution in [0.1, 0.15) is 79.1 Å². The van der Waals surface area contributed by atoms with Crippen LogP contribution in [0.2, 0.25) is 0 Å². The third-order valence-electron chi connectivity index (χ3n) is 4.58. The van der Waals surface area contributed by atoms with Gasteiger partial charge in [0.1, 0.15) is 0 Å². The lowest BCUT2D eigenvalue weighted by molar-refractivity contribution is 0.201. The maximum Gasteiger partial charge on any atom is 0.00675 e. The van der Waals surface area contributed by atoms with Gasteiger partial charge in [0.2, 0.25) is 0 Å². The first kappa shape index (κ1) is 15.0. The van der Waals surface area contributed by atoms with Crippen molar-refractivity contribution in [3.63, 3.8) is 0 Å². The zero-order chi connectivity index (χ0) is 12.7. The zero-order valence-electron chi connectivity index (χ0n) is 12.5. The number of rotatable bonds is 7. The highest BCUT2D eigenvalue weighted by atomic mass is 14.9. The molecule has 0 saturated heterocycles. The highest BCUT2D eigenvalue weighted by Crippen LogP contribution is 2.35. The van der Waals surface area contributed by atoms with E-state index in [9.17, 15) is 0 Å². The lowest BCUT2D eigenvalue weighted by Crippen LogP contribution is -2.38. The minimum absolute atomic E-state index is 0.602. The van der Waals surface area contributed by atoms with Gasteiger partial charge in [0, 0.05) is 6.04 Å². The normalized spacial score (nSPS) is 22.6. The van der Waals surface area contributed by atoms with Crippen LogP contribution in [0, 0.1) is 11.3 Å². The summed E-state index contributed by atoms with van der Waals surface area (Å²) >= 11 is 0. The van der Waals surface area contributed by atoms with Crippen molar-refractivity contribution in [3.8, 4) is 0 Å². The summed E-state index contributed by atoms with van der Waals surface area (Å²) < 4.78 is 0. The Kier molecular flexibility index (Phi) is 6.54. The Morgan fingerprint density at radius 3 is 2.35 bits per heavy atom. The van der Waals surface area contributed by atoms with E-state index in [1.54, 1.807) is 0 Å². The van der Waals surface area contributed by atoms with E-state index in [2.05, 4.69) is 33.0 Å². The molecule has 0 aromatic rings. The molecule has 1 rings (SSSR count). The van der Waals surface area contributed by atoms with Crippen LogP contribution in [-0.4, -0.2) is 12.6 Å². The number of hydrogen-bond acceptors (Lipinski definition) is 1. The van der Waals surface area contributed by atoms with Gasteiger partial charge in [-0.15, -0.1) is 0 Å². The van der Waals surface area contributed by atoms with Crippen LogP contribution in [0.15, 0.2) is 0 Å². The molecule has 0 radical (unpaired) electrons. The molecule has 0 bridgehead atoms. The molecule has 1 atom stereocenters. The molecule has 1 nitrogen and oxygen atoms in total. The van der Waals surface area contributed by atoms with Gasteiger partial charge in [0.05, 0.1) is 0 Å². The monoisotopic (exact) mass is 239 g/mol. The molecule has 0 spiro atoms. The second-order valence-corrected chi connectivity index (χ2v) is 6.76. The van der Waals surface area contributed by atoms with E-state index in [4.69, 9.17) is 0 Å². The average molecular weight is 239 g/mol. The standard InChI is InChI=1S/C16H33N/c1-5-7-8-14(6-2)13-17-15-9-11-16(3,4)12-10-15/h14-15,17H,5-13H2,1-4H3. The Bertz CT molecular complexity index is 188. The summed E-state index contributed by atoms with van der Waals surface area (Å²) in [6.07, 6.45) is 11.1. The van der Waals surface area contributed by atoms with E-state index < -0.39 is 0 Å². The van der Waals surface area contributed by atoms with Gasteiger partial charge in [-0.3, -0.25) is 0 Å². The summed E-state index contributed by atoms with van der Waals surface area (Å²) in [6, 6.07) is 0.804. The molecule has 1 aliphatic rings. The van der Waals surface area contributed by atoms with Crippen molar-refractivity contribution in [1.29, 1.82) is 0 Å². The SMILES string of the molecule is CCCCC(CC)CNC1CCC(C)(C)CC1. The van der Waals surface area contributed by atoms with Gasteiger partial charge in [0.15, 0.2) is 0 Å². The second kappa shape index (κ2) is 7.41. The summed E-state index contributed by atoms with van der Waals surface area (Å²) in [5.74, 6) is 0.907. The first-order valence-electron chi connectivity index (χ1n) is 7.80. The molecule has 0 amide bonds. The molecule has 17 heavy (non-hydrogen) atoms. The number of hydrogen-bond donors (Lipinski definition) is 1. The largest absolute Gasteiger partial charge is 0.314 e. The van der Waals surface area contributed by atoms with E-state index >= 15 is 0 Å². The van der Waals surface area contributed by atoms with Crippen molar-refractivity contribution in [3.05, 3.63) is 0 Å². The predicted molar refractivity (Wildman–Crippen MR) is 77.3 cm³/mol. The van der Waals surface area contributed by atoms with Gasteiger partial charge in [-0.05, 0) is 50.0 Å². The Labute approximate surface area is 109 Å². The molecule has 0 aromatic heterocycles. The number of unbranched alkanes of at least 4 members (excludes halogenated alkanes) is 1. The highest BCUT2D eigenvalue weighted by Gasteiger charge is 2.26. The molecule has 1 saturated carbocycles. The molecule has 1 heteroatoms. The fourth-order valence-corrected chi connectivity index (χ4v) is 2.88. The summed E-state index contributed by atoms with van der Waals surface area (Å²) in [5.41, 5.74) is 0.602. The van der Waals surface area contributed by atoms with E-state index in [0.717, 1.165) is 12.0 Å². The lowest BCUT2D eigenvalue weighted by Gasteiger charge is -2.35. The number of nitrogens with one attached hydrogen (secondary N) is 1. The van der Waals surface area contributed by atoms with Gasteiger partial charge in [-0.25, -0.2) is 0 Å². The summed E-state index contributed by atoms with van der Waals surface area (Å²) in [5, 5.41) is 3.82. The van der Waals surface area contributed by atoms with Crippen molar-refractivity contribution < 1.29 is 0 Å². The van der Waals surface area contributed by atoms with Crippen molar-refractivity contribution in [1.82, 2.24) is 5.32 Å². The quantitative estimate of drug-likeness (QED) is 0.675. The maximum atomic E-state index is 3.82. The van der Waals surface area contributed by atoms with Crippen LogP contribution < -0.4 is 5.32 Å². The molecule has 1 aliphatic carbocycles. The topological polar surface area (TPSA) is 12.0 Å². The Balaban J connectivity index is 2.17. The van der Waals surface area contributed by atoms with Gasteiger partial charge in [0.25, 0.3) is 0 Å². The van der Waals surface area contributed by atoms with Crippen molar-refractivity contribution in [2.45, 2.75) is 85.1 Å². The van der Waals surface area contributed by atoms with E-state index in [-0.39, 0.29) is 0 Å². The predicted octanol–water partition coefficient (Wildman–Crippen LogP) is 4.76. The minimum Gasteiger partial charge on any atom is -0.314 e. The highest BCUT2D eigenvalue weighted by molar-refractivity contribution is 4.82. The molecule has 0 heterocycles. The van der Waals surface area contributed by atoms with Crippen molar-refractivity contribution in [2.75, 3.05) is 6.54 Å². The minimum atomic E-state index is 0.602. The fourth-order valence-electron chi connectivity index (χ4n) is 2.88. The lowest BCUT2D eigenvalue weighted by atomic mass is 9.75. The Morgan fingerprint density at radius 1 is 1.18 bits per heavy atom. The Hall–Kier alpha value is -0.0400. The summed E-state index contributed by atoms with van der Waals surface area (Å²) in [6.45, 7) is 10.7. The van der Waals surface area contributed by atoms with Gasteiger partial charge >= 0.3 is 0 Å². The van der Waals surface area contributed by atoms with Crippen LogP contribution in [-0.2, 0) is 0 Å². The smallest absolute Gasteiger partial charge is 0.00675 e. The first-order chi connectivity index (χ1) is 8.07. The van der Waals surface area contributed by atoms with Crippen molar-refractivity contribution in [2.24, 2.45) is 11.3 Å². The first-order valence-corrected chi connectivity index (χ1v) is 7.80. The molecule has 1 unspecified atom stereocenters. The van der Waals surface area contributed by atoms with E-state index in [0.29, 0.717) is 5.41 Å². The van der Waals surface area contributed by atoms with Crippen LogP contribution in [0.5, 0.6) is 0 Å². The van der Waals surface area contributed by atoms with Crippen molar-refractivity contribution >= 4 is 0 Å². The average Bonchev–Trinajstić information content (AvgIpc) is 2.31. The van der Waals surface area contributed by atoms with Crippen LogP contribution in [0.3, 0.4) is 0 Å². The van der Waals surface area contributed by atoms with Crippen LogP contribution in [0.25, 0.3) is 0 Å². The molecule has 102 valence electrons. The summed E-state index contributed by atoms with van der Waals surface area (Å²) in [4.78, 5) is 0. The molecular weight excluding hydrogens is 206 g/mol. The third kappa shape index (κ3) is 5.90.